The predicted octanol–water partition coefficient (Wildman–Crippen LogP) is 1.24. The summed E-state index contributed by atoms with van der Waals surface area (Å²) in [5, 5.41) is 0. The first-order valence-corrected chi connectivity index (χ1v) is 5.81. The Morgan fingerprint density at radius 3 is 2.38 bits per heavy atom. The molecule has 0 N–H and O–H groups in total. The number of nitrogens with zero attached hydrogens (tertiary/aromatic N) is 1. The van der Waals surface area contributed by atoms with E-state index in [9.17, 15) is 9.59 Å². The third-order valence-corrected chi connectivity index (χ3v) is 2.66. The van der Waals surface area contributed by atoms with Crippen molar-refractivity contribution in [2.45, 2.75) is 39.2 Å². The van der Waals surface area contributed by atoms with Gasteiger partial charge >= 0.3 is 5.97 Å². The molecule has 0 aliphatic carbocycles. The molecule has 0 aromatic carbocycles. The van der Waals surface area contributed by atoms with Crippen LogP contribution in [0.5, 0.6) is 0 Å². The molecule has 92 valence electrons. The smallest absolute Gasteiger partial charge is 0.309 e. The molecule has 0 amide bonds. The summed E-state index contributed by atoms with van der Waals surface area (Å²) in [5.74, 6) is -0.0969. The molecule has 4 nitrogen and oxygen atoms in total. The molecule has 0 radical (unpaired) electrons. The molecule has 0 unspecified atom stereocenters. The van der Waals surface area contributed by atoms with Crippen LogP contribution in [-0.2, 0) is 14.3 Å². The van der Waals surface area contributed by atoms with Crippen molar-refractivity contribution in [1.29, 1.82) is 0 Å². The molecule has 0 atom stereocenters. The average molecular weight is 227 g/mol. The van der Waals surface area contributed by atoms with Gasteiger partial charge in [-0.1, -0.05) is 0 Å². The fraction of sp³-hybridized carbons (Fsp3) is 0.833. The normalized spacial score (nSPS) is 19.4. The first-order valence-electron chi connectivity index (χ1n) is 5.81. The van der Waals surface area contributed by atoms with Crippen LogP contribution >= 0.6 is 0 Å². The van der Waals surface area contributed by atoms with Crippen molar-refractivity contribution >= 4 is 12.3 Å². The topological polar surface area (TPSA) is 46.6 Å². The van der Waals surface area contributed by atoms with E-state index in [2.05, 4.69) is 4.90 Å². The lowest BCUT2D eigenvalue weighted by Gasteiger charge is -2.31. The van der Waals surface area contributed by atoms with Crippen LogP contribution in [0, 0.1) is 5.92 Å². The van der Waals surface area contributed by atoms with Gasteiger partial charge < -0.3 is 9.53 Å². The van der Waals surface area contributed by atoms with E-state index in [0.29, 0.717) is 6.54 Å². The maximum Gasteiger partial charge on any atom is 0.309 e. The largest absolute Gasteiger partial charge is 0.460 e. The molecule has 0 spiro atoms. The third-order valence-electron chi connectivity index (χ3n) is 2.66. The van der Waals surface area contributed by atoms with Crippen molar-refractivity contribution in [3.8, 4) is 0 Å². The Bertz CT molecular complexity index is 249. The first kappa shape index (κ1) is 13.2. The van der Waals surface area contributed by atoms with E-state index < -0.39 is 5.60 Å². The van der Waals surface area contributed by atoms with E-state index in [4.69, 9.17) is 4.74 Å². The van der Waals surface area contributed by atoms with Crippen LogP contribution in [0.1, 0.15) is 33.6 Å². The van der Waals surface area contributed by atoms with Crippen molar-refractivity contribution < 1.29 is 14.3 Å². The minimum Gasteiger partial charge on any atom is -0.460 e. The number of hydrogen-bond acceptors (Lipinski definition) is 4. The van der Waals surface area contributed by atoms with Crippen LogP contribution < -0.4 is 0 Å². The third kappa shape index (κ3) is 4.31. The fourth-order valence-corrected chi connectivity index (χ4v) is 1.84. The lowest BCUT2D eigenvalue weighted by atomic mass is 9.97. The minimum absolute atomic E-state index is 0.00197. The average Bonchev–Trinajstić information content (AvgIpc) is 2.16. The van der Waals surface area contributed by atoms with Crippen LogP contribution in [0.2, 0.25) is 0 Å². The van der Waals surface area contributed by atoms with Crippen LogP contribution in [0.3, 0.4) is 0 Å². The Morgan fingerprint density at radius 2 is 1.94 bits per heavy atom. The molecule has 1 rings (SSSR count). The van der Waals surface area contributed by atoms with Crippen molar-refractivity contribution in [3.05, 3.63) is 0 Å². The van der Waals surface area contributed by atoms with Gasteiger partial charge in [-0.25, -0.2) is 0 Å². The standard InChI is InChI=1S/C12H21NO3/c1-12(2,3)16-11(15)10-4-6-13(7-5-10)8-9-14/h9-10H,4-8H2,1-3H3. The predicted molar refractivity (Wildman–Crippen MR) is 61.1 cm³/mol. The van der Waals surface area contributed by atoms with E-state index in [-0.39, 0.29) is 11.9 Å². The zero-order chi connectivity index (χ0) is 12.2. The van der Waals surface area contributed by atoms with Gasteiger partial charge in [0.1, 0.15) is 11.9 Å². The summed E-state index contributed by atoms with van der Waals surface area (Å²) in [4.78, 5) is 24.2. The van der Waals surface area contributed by atoms with Crippen LogP contribution in [0.25, 0.3) is 0 Å². The summed E-state index contributed by atoms with van der Waals surface area (Å²) in [5.41, 5.74) is -0.406. The highest BCUT2D eigenvalue weighted by molar-refractivity contribution is 5.73. The van der Waals surface area contributed by atoms with Gasteiger partial charge in [0, 0.05) is 0 Å². The van der Waals surface area contributed by atoms with E-state index in [1.54, 1.807) is 0 Å². The minimum atomic E-state index is -0.406. The Hall–Kier alpha value is -0.900. The van der Waals surface area contributed by atoms with Gasteiger partial charge in [0.2, 0.25) is 0 Å². The summed E-state index contributed by atoms with van der Waals surface area (Å²) in [6.45, 7) is 7.73. The highest BCUT2D eigenvalue weighted by atomic mass is 16.6. The maximum absolute atomic E-state index is 11.8. The summed E-state index contributed by atoms with van der Waals surface area (Å²) in [6, 6.07) is 0. The number of rotatable bonds is 3. The van der Waals surface area contributed by atoms with Crippen LogP contribution in [-0.4, -0.2) is 42.4 Å². The molecule has 0 aromatic rings. The number of ether oxygens (including phenoxy) is 1. The molecule has 16 heavy (non-hydrogen) atoms. The van der Waals surface area contributed by atoms with Crippen molar-refractivity contribution in [3.63, 3.8) is 0 Å². The van der Waals surface area contributed by atoms with Gasteiger partial charge in [0.05, 0.1) is 12.5 Å². The van der Waals surface area contributed by atoms with Gasteiger partial charge in [0.25, 0.3) is 0 Å². The number of likely N-dealkylation sites (tertiary alicyclic amines) is 1. The Morgan fingerprint density at radius 1 is 1.38 bits per heavy atom. The molecule has 0 bridgehead atoms. The number of hydrogen-bond donors (Lipinski definition) is 0. The molecular formula is C12H21NO3. The second-order valence-electron chi connectivity index (χ2n) is 5.28. The van der Waals surface area contributed by atoms with Crippen molar-refractivity contribution in [1.82, 2.24) is 4.90 Å². The highest BCUT2D eigenvalue weighted by Gasteiger charge is 2.28. The van der Waals surface area contributed by atoms with Crippen LogP contribution in [0.4, 0.5) is 0 Å². The molecule has 1 saturated heterocycles. The number of carbonyl (C=O) groups is 2. The molecule has 1 aliphatic rings. The van der Waals surface area contributed by atoms with Gasteiger partial charge in [-0.3, -0.25) is 9.69 Å². The lowest BCUT2D eigenvalue weighted by molar-refractivity contribution is -0.161. The van der Waals surface area contributed by atoms with E-state index in [1.165, 1.54) is 0 Å². The second kappa shape index (κ2) is 5.43. The summed E-state index contributed by atoms with van der Waals surface area (Å²) in [6.07, 6.45) is 2.50. The number of carbonyl (C=O) groups excluding carboxylic acids is 2. The number of piperidine rings is 1. The monoisotopic (exact) mass is 227 g/mol. The van der Waals surface area contributed by atoms with Gasteiger partial charge in [-0.2, -0.15) is 0 Å². The van der Waals surface area contributed by atoms with Crippen molar-refractivity contribution in [2.75, 3.05) is 19.6 Å². The summed E-state index contributed by atoms with van der Waals surface area (Å²) >= 11 is 0. The van der Waals surface area contributed by atoms with Gasteiger partial charge in [-0.05, 0) is 46.7 Å². The van der Waals surface area contributed by atoms with E-state index in [0.717, 1.165) is 32.2 Å². The highest BCUT2D eigenvalue weighted by Crippen LogP contribution is 2.20. The van der Waals surface area contributed by atoms with E-state index in [1.807, 2.05) is 20.8 Å². The first-order chi connectivity index (χ1) is 7.42. The quantitative estimate of drug-likeness (QED) is 0.537. The van der Waals surface area contributed by atoms with Gasteiger partial charge in [-0.15, -0.1) is 0 Å². The lowest BCUT2D eigenvalue weighted by Crippen LogP contribution is -2.39. The summed E-state index contributed by atoms with van der Waals surface area (Å²) in [7, 11) is 0. The van der Waals surface area contributed by atoms with Crippen molar-refractivity contribution in [2.24, 2.45) is 5.92 Å². The number of esters is 1. The Labute approximate surface area is 96.9 Å². The molecule has 4 heteroatoms. The molecule has 1 heterocycles. The molecular weight excluding hydrogens is 206 g/mol. The molecule has 0 aromatic heterocycles. The van der Waals surface area contributed by atoms with Gasteiger partial charge in [0.15, 0.2) is 0 Å². The van der Waals surface area contributed by atoms with E-state index >= 15 is 0 Å². The Balaban J connectivity index is 2.36. The molecule has 1 fully saturated rings. The summed E-state index contributed by atoms with van der Waals surface area (Å²) < 4.78 is 5.35. The second-order valence-corrected chi connectivity index (χ2v) is 5.28. The number of aldehydes is 1. The molecule has 0 saturated carbocycles. The maximum atomic E-state index is 11.8. The molecule has 1 aliphatic heterocycles. The Kier molecular flexibility index (Phi) is 4.47. The SMILES string of the molecule is CC(C)(C)OC(=O)C1CCN(CC=O)CC1. The zero-order valence-electron chi connectivity index (χ0n) is 10.4. The zero-order valence-corrected chi connectivity index (χ0v) is 10.4. The van der Waals surface area contributed by atoms with Crippen LogP contribution in [0.15, 0.2) is 0 Å². The fourth-order valence-electron chi connectivity index (χ4n) is 1.84.